The van der Waals surface area contributed by atoms with Crippen LogP contribution >= 0.6 is 11.6 Å². The van der Waals surface area contributed by atoms with Crippen molar-refractivity contribution in [1.82, 2.24) is 4.90 Å². The fraction of sp³-hybridized carbons (Fsp3) is 0.500. The fourth-order valence-electron chi connectivity index (χ4n) is 3.16. The van der Waals surface area contributed by atoms with Crippen LogP contribution < -0.4 is 4.74 Å². The molecular weight excluding hydrogens is 322 g/mol. The minimum atomic E-state index is -1.82. The molecule has 2 heterocycles. The van der Waals surface area contributed by atoms with Gasteiger partial charge in [0.25, 0.3) is 0 Å². The number of carboxylic acids is 2. The Labute approximate surface area is 139 Å². The number of carboxylic acid groups (broad SMARTS) is 2. The number of piperidine rings is 1. The first kappa shape index (κ1) is 17.6. The Kier molecular flexibility index (Phi) is 5.85. The van der Waals surface area contributed by atoms with Crippen LogP contribution in [0.4, 0.5) is 0 Å². The van der Waals surface area contributed by atoms with E-state index in [2.05, 4.69) is 11.9 Å². The topological polar surface area (TPSA) is 87.1 Å². The number of carbonyl (C=O) groups is 2. The molecule has 2 N–H and O–H groups in total. The third-order valence-corrected chi connectivity index (χ3v) is 4.61. The van der Waals surface area contributed by atoms with Crippen LogP contribution in [-0.2, 0) is 9.59 Å². The Morgan fingerprint density at radius 1 is 1.09 bits per heavy atom. The van der Waals surface area contributed by atoms with E-state index in [1.54, 1.807) is 0 Å². The molecule has 2 aliphatic rings. The predicted octanol–water partition coefficient (Wildman–Crippen LogP) is 2.50. The second kappa shape index (κ2) is 7.66. The van der Waals surface area contributed by atoms with Crippen molar-refractivity contribution >= 4 is 23.5 Å². The number of rotatable bonds is 2. The van der Waals surface area contributed by atoms with Crippen LogP contribution in [0.25, 0.3) is 0 Å². The van der Waals surface area contributed by atoms with Gasteiger partial charge in [-0.2, -0.15) is 0 Å². The number of aliphatic carboxylic acids is 2. The normalized spacial score (nSPS) is 26.1. The highest BCUT2D eigenvalue weighted by Gasteiger charge is 2.39. The van der Waals surface area contributed by atoms with E-state index < -0.39 is 11.9 Å². The Balaban J connectivity index is 0.000000277. The van der Waals surface area contributed by atoms with E-state index in [0.29, 0.717) is 6.10 Å². The summed E-state index contributed by atoms with van der Waals surface area (Å²) in [6.45, 7) is 0. The molecule has 3 rings (SSSR count). The van der Waals surface area contributed by atoms with Gasteiger partial charge in [0.2, 0.25) is 0 Å². The molecule has 0 aromatic heterocycles. The predicted molar refractivity (Wildman–Crippen MR) is 84.9 cm³/mol. The van der Waals surface area contributed by atoms with E-state index in [0.717, 1.165) is 35.7 Å². The minimum absolute atomic E-state index is 0.380. The van der Waals surface area contributed by atoms with Crippen LogP contribution in [0.1, 0.15) is 25.7 Å². The largest absolute Gasteiger partial charge is 0.490 e. The average molecular weight is 342 g/mol. The highest BCUT2D eigenvalue weighted by atomic mass is 35.5. The highest BCUT2D eigenvalue weighted by Crippen LogP contribution is 2.35. The first-order chi connectivity index (χ1) is 10.9. The molecule has 0 aliphatic carbocycles. The molecule has 1 aromatic carbocycles. The number of hydrogen-bond donors (Lipinski definition) is 2. The molecule has 2 bridgehead atoms. The molecule has 23 heavy (non-hydrogen) atoms. The summed E-state index contributed by atoms with van der Waals surface area (Å²) in [5.41, 5.74) is 0. The Morgan fingerprint density at radius 3 is 2.00 bits per heavy atom. The summed E-state index contributed by atoms with van der Waals surface area (Å²) in [5, 5.41) is 15.5. The molecule has 2 atom stereocenters. The monoisotopic (exact) mass is 341 g/mol. The van der Waals surface area contributed by atoms with Crippen molar-refractivity contribution < 1.29 is 24.5 Å². The quantitative estimate of drug-likeness (QED) is 0.804. The number of hydrogen-bond acceptors (Lipinski definition) is 4. The second-order valence-corrected chi connectivity index (χ2v) is 6.26. The van der Waals surface area contributed by atoms with Gasteiger partial charge in [-0.25, -0.2) is 9.59 Å². The number of ether oxygens (including phenoxy) is 1. The van der Waals surface area contributed by atoms with E-state index in [1.807, 2.05) is 24.3 Å². The molecule has 6 nitrogen and oxygen atoms in total. The lowest BCUT2D eigenvalue weighted by molar-refractivity contribution is -0.159. The number of nitrogens with zero attached hydrogens (tertiary/aromatic N) is 1. The van der Waals surface area contributed by atoms with E-state index >= 15 is 0 Å². The molecule has 1 aromatic rings. The Hall–Kier alpha value is -1.79. The maximum absolute atomic E-state index is 9.10. The van der Waals surface area contributed by atoms with Crippen LogP contribution in [0.3, 0.4) is 0 Å². The molecular formula is C16H20ClNO5. The second-order valence-electron chi connectivity index (χ2n) is 5.83. The summed E-state index contributed by atoms with van der Waals surface area (Å²) in [7, 11) is 2.25. The maximum Gasteiger partial charge on any atom is 0.414 e. The summed E-state index contributed by atoms with van der Waals surface area (Å²) in [6, 6.07) is 9.16. The lowest BCUT2D eigenvalue weighted by Gasteiger charge is -2.36. The lowest BCUT2D eigenvalue weighted by atomic mass is 10.0. The Bertz CT molecular complexity index is 536. The van der Waals surface area contributed by atoms with E-state index in [-0.39, 0.29) is 0 Å². The first-order valence-electron chi connectivity index (χ1n) is 7.47. The van der Waals surface area contributed by atoms with Gasteiger partial charge in [0.1, 0.15) is 11.9 Å². The van der Waals surface area contributed by atoms with Gasteiger partial charge in [0.15, 0.2) is 0 Å². The van der Waals surface area contributed by atoms with Crippen LogP contribution in [0.15, 0.2) is 24.3 Å². The smallest absolute Gasteiger partial charge is 0.414 e. The van der Waals surface area contributed by atoms with Gasteiger partial charge < -0.3 is 19.8 Å². The van der Waals surface area contributed by atoms with Crippen molar-refractivity contribution in [3.05, 3.63) is 29.3 Å². The maximum atomic E-state index is 9.10. The third-order valence-electron chi connectivity index (χ3n) is 4.35. The average Bonchev–Trinajstić information content (AvgIpc) is 2.73. The van der Waals surface area contributed by atoms with Gasteiger partial charge in [-0.05, 0) is 57.0 Å². The molecule has 2 fully saturated rings. The summed E-state index contributed by atoms with van der Waals surface area (Å²) >= 11 is 5.87. The summed E-state index contributed by atoms with van der Waals surface area (Å²) in [6.07, 6.45) is 5.37. The molecule has 0 spiro atoms. The lowest BCUT2D eigenvalue weighted by Crippen LogP contribution is -2.43. The summed E-state index contributed by atoms with van der Waals surface area (Å²) in [5.74, 6) is -2.70. The third kappa shape index (κ3) is 4.84. The van der Waals surface area contributed by atoms with Gasteiger partial charge in [-0.1, -0.05) is 11.6 Å². The van der Waals surface area contributed by atoms with Gasteiger partial charge >= 0.3 is 11.9 Å². The first-order valence-corrected chi connectivity index (χ1v) is 7.85. The van der Waals surface area contributed by atoms with Gasteiger partial charge in [0, 0.05) is 17.1 Å². The van der Waals surface area contributed by atoms with Crippen molar-refractivity contribution in [1.29, 1.82) is 0 Å². The van der Waals surface area contributed by atoms with Crippen LogP contribution in [0.5, 0.6) is 5.75 Å². The van der Waals surface area contributed by atoms with E-state index in [9.17, 15) is 0 Å². The zero-order chi connectivity index (χ0) is 17.0. The molecule has 0 amide bonds. The van der Waals surface area contributed by atoms with E-state index in [4.69, 9.17) is 36.1 Å². The van der Waals surface area contributed by atoms with Gasteiger partial charge in [-0.3, -0.25) is 0 Å². The van der Waals surface area contributed by atoms with Crippen LogP contribution in [0.2, 0.25) is 5.02 Å². The molecule has 0 saturated carbocycles. The summed E-state index contributed by atoms with van der Waals surface area (Å²) in [4.78, 5) is 20.7. The number of fused-ring (bicyclic) bond motifs is 2. The van der Waals surface area contributed by atoms with Crippen LogP contribution in [-0.4, -0.2) is 52.3 Å². The Morgan fingerprint density at radius 2 is 1.57 bits per heavy atom. The van der Waals surface area contributed by atoms with Crippen molar-refractivity contribution in [2.75, 3.05) is 7.05 Å². The van der Waals surface area contributed by atoms with Gasteiger partial charge in [-0.15, -0.1) is 0 Å². The SMILES string of the molecule is CN1C2CCC1CC(Oc1ccc(Cl)cc1)C2.O=C(O)C(=O)O. The molecule has 2 aliphatic heterocycles. The fourth-order valence-corrected chi connectivity index (χ4v) is 3.29. The van der Waals surface area contributed by atoms with Crippen molar-refractivity contribution in [2.24, 2.45) is 0 Å². The van der Waals surface area contributed by atoms with E-state index in [1.165, 1.54) is 12.8 Å². The molecule has 2 unspecified atom stereocenters. The standard InChI is InChI=1S/C14H18ClNO.C2H2O4/c1-16-11-4-5-12(16)9-14(8-11)17-13-6-2-10(15)3-7-13;3-1(4)2(5)6/h2-3,6-7,11-12,14H,4-5,8-9H2,1H3;(H,3,4)(H,5,6). The zero-order valence-electron chi connectivity index (χ0n) is 12.8. The van der Waals surface area contributed by atoms with Crippen molar-refractivity contribution in [2.45, 2.75) is 43.9 Å². The van der Waals surface area contributed by atoms with Crippen LogP contribution in [0, 0.1) is 0 Å². The van der Waals surface area contributed by atoms with Gasteiger partial charge in [0.05, 0.1) is 0 Å². The molecule has 2 saturated heterocycles. The zero-order valence-corrected chi connectivity index (χ0v) is 13.6. The molecule has 7 heteroatoms. The van der Waals surface area contributed by atoms with Crippen molar-refractivity contribution in [3.8, 4) is 5.75 Å². The van der Waals surface area contributed by atoms with Crippen molar-refractivity contribution in [3.63, 3.8) is 0 Å². The number of halogens is 1. The molecule has 126 valence electrons. The number of benzene rings is 1. The summed E-state index contributed by atoms with van der Waals surface area (Å²) < 4.78 is 6.05. The highest BCUT2D eigenvalue weighted by molar-refractivity contribution is 6.30. The molecule has 0 radical (unpaired) electrons. The minimum Gasteiger partial charge on any atom is -0.490 e.